The molecule has 2 aliphatic rings. The van der Waals surface area contributed by atoms with Gasteiger partial charge in [-0.05, 0) is 12.8 Å². The van der Waals surface area contributed by atoms with Crippen molar-refractivity contribution in [3.05, 3.63) is 0 Å². The lowest BCUT2D eigenvalue weighted by Crippen LogP contribution is -2.47. The summed E-state index contributed by atoms with van der Waals surface area (Å²) >= 11 is 0. The van der Waals surface area contributed by atoms with E-state index in [4.69, 9.17) is 5.14 Å². The summed E-state index contributed by atoms with van der Waals surface area (Å²) in [6.45, 7) is 2.94. The molecule has 2 saturated heterocycles. The lowest BCUT2D eigenvalue weighted by molar-refractivity contribution is -0.133. The zero-order chi connectivity index (χ0) is 14.2. The summed E-state index contributed by atoms with van der Waals surface area (Å²) in [4.78, 5) is 26.5. The second-order valence-corrected chi connectivity index (χ2v) is 7.04. The smallest absolute Gasteiger partial charge is 0.224 e. The van der Waals surface area contributed by atoms with Gasteiger partial charge in [0.15, 0.2) is 0 Å². The average Bonchev–Trinajstić information content (AvgIpc) is 2.71. The number of rotatable bonds is 2. The predicted octanol–water partition coefficient (Wildman–Crippen LogP) is -1.11. The van der Waals surface area contributed by atoms with Crippen molar-refractivity contribution in [2.45, 2.75) is 37.5 Å². The van der Waals surface area contributed by atoms with E-state index in [1.807, 2.05) is 0 Å². The highest BCUT2D eigenvalue weighted by molar-refractivity contribution is 7.89. The third-order valence-electron chi connectivity index (χ3n) is 3.94. The van der Waals surface area contributed by atoms with E-state index in [9.17, 15) is 18.0 Å². The summed E-state index contributed by atoms with van der Waals surface area (Å²) in [5.41, 5.74) is 0. The topological polar surface area (TPSA) is 101 Å². The molecule has 19 heavy (non-hydrogen) atoms. The van der Waals surface area contributed by atoms with Gasteiger partial charge in [-0.1, -0.05) is 0 Å². The maximum absolute atomic E-state index is 11.9. The SMILES string of the molecule is CC(=O)N1CCC(N2CC(S(N)(=O)=O)CC2=O)CC1. The molecule has 2 aliphatic heterocycles. The zero-order valence-corrected chi connectivity index (χ0v) is 11.7. The molecule has 0 aromatic carbocycles. The number of hydrogen-bond donors (Lipinski definition) is 1. The molecule has 0 saturated carbocycles. The van der Waals surface area contributed by atoms with Crippen molar-refractivity contribution in [3.63, 3.8) is 0 Å². The first-order valence-electron chi connectivity index (χ1n) is 6.35. The van der Waals surface area contributed by atoms with Gasteiger partial charge in [0.05, 0.1) is 0 Å². The van der Waals surface area contributed by atoms with Crippen LogP contribution in [0, 0.1) is 0 Å². The van der Waals surface area contributed by atoms with E-state index >= 15 is 0 Å². The Labute approximate surface area is 112 Å². The number of primary sulfonamides is 1. The number of amides is 2. The largest absolute Gasteiger partial charge is 0.343 e. The molecular formula is C11H19N3O4S. The lowest BCUT2D eigenvalue weighted by atomic mass is 10.0. The van der Waals surface area contributed by atoms with E-state index in [1.54, 1.807) is 9.80 Å². The molecule has 2 N–H and O–H groups in total. The molecule has 0 aromatic heterocycles. The Kier molecular flexibility index (Phi) is 3.82. The molecule has 2 rings (SSSR count). The molecule has 108 valence electrons. The summed E-state index contributed by atoms with van der Waals surface area (Å²) in [5, 5.41) is 4.31. The van der Waals surface area contributed by atoms with Crippen LogP contribution in [0.3, 0.4) is 0 Å². The number of carbonyl (C=O) groups is 2. The molecule has 0 aromatic rings. The van der Waals surface area contributed by atoms with Gasteiger partial charge in [-0.3, -0.25) is 9.59 Å². The van der Waals surface area contributed by atoms with Gasteiger partial charge >= 0.3 is 0 Å². The van der Waals surface area contributed by atoms with Gasteiger partial charge in [0, 0.05) is 39.0 Å². The van der Waals surface area contributed by atoms with Crippen molar-refractivity contribution < 1.29 is 18.0 Å². The van der Waals surface area contributed by atoms with Gasteiger partial charge in [-0.25, -0.2) is 13.6 Å². The fraction of sp³-hybridized carbons (Fsp3) is 0.818. The van der Waals surface area contributed by atoms with Gasteiger partial charge in [-0.15, -0.1) is 0 Å². The van der Waals surface area contributed by atoms with Crippen LogP contribution in [-0.2, 0) is 19.6 Å². The average molecular weight is 289 g/mol. The van der Waals surface area contributed by atoms with Crippen LogP contribution >= 0.6 is 0 Å². The number of carbonyl (C=O) groups excluding carboxylic acids is 2. The van der Waals surface area contributed by atoms with Gasteiger partial charge in [0.2, 0.25) is 21.8 Å². The van der Waals surface area contributed by atoms with E-state index in [2.05, 4.69) is 0 Å². The number of hydrogen-bond acceptors (Lipinski definition) is 4. The Hall–Kier alpha value is -1.15. The number of piperidine rings is 1. The van der Waals surface area contributed by atoms with Crippen molar-refractivity contribution in [2.75, 3.05) is 19.6 Å². The number of nitrogens with two attached hydrogens (primary N) is 1. The molecule has 0 spiro atoms. The second kappa shape index (κ2) is 5.09. The minimum absolute atomic E-state index is 0.0221. The molecule has 2 heterocycles. The fourth-order valence-electron chi connectivity index (χ4n) is 2.76. The van der Waals surface area contributed by atoms with Crippen molar-refractivity contribution in [2.24, 2.45) is 5.14 Å². The van der Waals surface area contributed by atoms with E-state index in [0.29, 0.717) is 25.9 Å². The van der Waals surface area contributed by atoms with Crippen LogP contribution in [0.1, 0.15) is 26.2 Å². The van der Waals surface area contributed by atoms with Crippen LogP contribution in [0.25, 0.3) is 0 Å². The molecule has 1 unspecified atom stereocenters. The van der Waals surface area contributed by atoms with Crippen LogP contribution < -0.4 is 5.14 Å². The Morgan fingerprint density at radius 2 is 1.89 bits per heavy atom. The molecule has 0 bridgehead atoms. The van der Waals surface area contributed by atoms with Crippen molar-refractivity contribution >= 4 is 21.8 Å². The summed E-state index contributed by atoms with van der Waals surface area (Å²) in [7, 11) is -3.66. The van der Waals surface area contributed by atoms with Crippen molar-refractivity contribution in [1.82, 2.24) is 9.80 Å². The van der Waals surface area contributed by atoms with Crippen LogP contribution in [0.15, 0.2) is 0 Å². The maximum atomic E-state index is 11.9. The number of nitrogens with zero attached hydrogens (tertiary/aromatic N) is 2. The monoisotopic (exact) mass is 289 g/mol. The van der Waals surface area contributed by atoms with Crippen LogP contribution in [0.4, 0.5) is 0 Å². The van der Waals surface area contributed by atoms with Crippen LogP contribution in [-0.4, -0.2) is 61.0 Å². The maximum Gasteiger partial charge on any atom is 0.224 e. The zero-order valence-electron chi connectivity index (χ0n) is 10.9. The van der Waals surface area contributed by atoms with E-state index < -0.39 is 15.3 Å². The third kappa shape index (κ3) is 3.06. The molecule has 7 nitrogen and oxygen atoms in total. The van der Waals surface area contributed by atoms with E-state index in [-0.39, 0.29) is 30.8 Å². The highest BCUT2D eigenvalue weighted by Crippen LogP contribution is 2.24. The normalized spacial score (nSPS) is 26.0. The summed E-state index contributed by atoms with van der Waals surface area (Å²) in [6.07, 6.45) is 1.37. The minimum atomic E-state index is -3.66. The Balaban J connectivity index is 1.97. The summed E-state index contributed by atoms with van der Waals surface area (Å²) in [5.74, 6) is -0.117. The predicted molar refractivity (Wildman–Crippen MR) is 68.5 cm³/mol. The number of sulfonamides is 1. The van der Waals surface area contributed by atoms with Gasteiger partial charge in [0.25, 0.3) is 0 Å². The molecule has 0 aliphatic carbocycles. The molecule has 0 radical (unpaired) electrons. The van der Waals surface area contributed by atoms with Gasteiger partial charge < -0.3 is 9.80 Å². The first kappa shape index (κ1) is 14.3. The van der Waals surface area contributed by atoms with Crippen LogP contribution in [0.5, 0.6) is 0 Å². The van der Waals surface area contributed by atoms with Gasteiger partial charge in [-0.2, -0.15) is 0 Å². The Morgan fingerprint density at radius 1 is 1.32 bits per heavy atom. The highest BCUT2D eigenvalue weighted by atomic mass is 32.2. The second-order valence-electron chi connectivity index (χ2n) is 5.20. The standard InChI is InChI=1S/C11H19N3O4S/c1-8(15)13-4-2-9(3-5-13)14-7-10(6-11(14)16)19(12,17)18/h9-10H,2-7H2,1H3,(H2,12,17,18). The lowest BCUT2D eigenvalue weighted by Gasteiger charge is -2.36. The van der Waals surface area contributed by atoms with Crippen LogP contribution in [0.2, 0.25) is 0 Å². The Bertz CT molecular complexity index is 482. The van der Waals surface area contributed by atoms with E-state index in [0.717, 1.165) is 0 Å². The highest BCUT2D eigenvalue weighted by Gasteiger charge is 2.40. The van der Waals surface area contributed by atoms with Crippen molar-refractivity contribution in [1.29, 1.82) is 0 Å². The fourth-order valence-corrected chi connectivity index (χ4v) is 3.51. The molecule has 2 amide bonds. The third-order valence-corrected chi connectivity index (χ3v) is 5.18. The summed E-state index contributed by atoms with van der Waals surface area (Å²) < 4.78 is 22.6. The Morgan fingerprint density at radius 3 is 2.32 bits per heavy atom. The first-order chi connectivity index (χ1) is 8.79. The number of likely N-dealkylation sites (tertiary alicyclic amines) is 2. The molecule has 2 fully saturated rings. The summed E-state index contributed by atoms with van der Waals surface area (Å²) in [6, 6.07) is 0.0230. The quantitative estimate of drug-likeness (QED) is 0.696. The first-order valence-corrected chi connectivity index (χ1v) is 7.96. The van der Waals surface area contributed by atoms with E-state index in [1.165, 1.54) is 6.92 Å². The molecular weight excluding hydrogens is 270 g/mol. The van der Waals surface area contributed by atoms with Gasteiger partial charge in [0.1, 0.15) is 5.25 Å². The van der Waals surface area contributed by atoms with Crippen molar-refractivity contribution in [3.8, 4) is 0 Å². The molecule has 8 heteroatoms. The molecule has 1 atom stereocenters. The minimum Gasteiger partial charge on any atom is -0.343 e.